The van der Waals surface area contributed by atoms with E-state index in [9.17, 15) is 0 Å². The lowest BCUT2D eigenvalue weighted by molar-refractivity contribution is 0.670. The van der Waals surface area contributed by atoms with Gasteiger partial charge in [-0.15, -0.1) is 0 Å². The van der Waals surface area contributed by atoms with Crippen LogP contribution in [0, 0.1) is 0 Å². The summed E-state index contributed by atoms with van der Waals surface area (Å²) in [6.45, 7) is 0. The van der Waals surface area contributed by atoms with E-state index in [1.165, 1.54) is 22.3 Å². The molecule has 44 heavy (non-hydrogen) atoms. The van der Waals surface area contributed by atoms with Gasteiger partial charge in [-0.05, 0) is 70.3 Å². The van der Waals surface area contributed by atoms with Crippen molar-refractivity contribution in [2.24, 2.45) is 0 Å². The summed E-state index contributed by atoms with van der Waals surface area (Å²) in [7, 11) is 0. The number of fused-ring (bicyclic) bond motifs is 3. The van der Waals surface area contributed by atoms with E-state index < -0.39 is 0 Å². The summed E-state index contributed by atoms with van der Waals surface area (Å²) in [4.78, 5) is 2.36. The lowest BCUT2D eigenvalue weighted by Crippen LogP contribution is -2.10. The van der Waals surface area contributed by atoms with Crippen LogP contribution in [0.3, 0.4) is 0 Å². The number of para-hydroxylation sites is 1. The summed E-state index contributed by atoms with van der Waals surface area (Å²) in [5.41, 5.74) is 12.0. The van der Waals surface area contributed by atoms with Crippen LogP contribution in [0.2, 0.25) is 0 Å². The molecule has 0 atom stereocenters. The summed E-state index contributed by atoms with van der Waals surface area (Å²) in [5, 5.41) is 2.21. The monoisotopic (exact) mass is 563 g/mol. The number of furan rings is 1. The van der Waals surface area contributed by atoms with Gasteiger partial charge in [-0.25, -0.2) is 0 Å². The predicted molar refractivity (Wildman–Crippen MR) is 185 cm³/mol. The van der Waals surface area contributed by atoms with E-state index in [-0.39, 0.29) is 0 Å². The summed E-state index contributed by atoms with van der Waals surface area (Å²) < 4.78 is 6.51. The standard InChI is InChI=1S/C42H29NO/c1-4-13-30(14-5-1)32-23-25-35(26-24-32)43(36-20-12-19-34(27-36)31-15-6-2-7-16-31)37-28-39(33-17-8-3-9-18-33)42-40(29-37)38-21-10-11-22-41(38)44-42/h1-29H. The quantitative estimate of drug-likeness (QED) is 0.200. The normalized spacial score (nSPS) is 11.2. The minimum atomic E-state index is 0.890. The molecule has 1 heterocycles. The maximum Gasteiger partial charge on any atom is 0.143 e. The van der Waals surface area contributed by atoms with Gasteiger partial charge in [0.15, 0.2) is 0 Å². The molecule has 0 bridgehead atoms. The Morgan fingerprint density at radius 3 is 1.61 bits per heavy atom. The average Bonchev–Trinajstić information content (AvgIpc) is 3.48. The van der Waals surface area contributed by atoms with Crippen molar-refractivity contribution in [1.82, 2.24) is 0 Å². The van der Waals surface area contributed by atoms with Crippen LogP contribution in [0.4, 0.5) is 17.1 Å². The molecule has 0 unspecified atom stereocenters. The molecule has 0 saturated carbocycles. The van der Waals surface area contributed by atoms with Crippen molar-refractivity contribution in [1.29, 1.82) is 0 Å². The SMILES string of the molecule is c1ccc(-c2ccc(N(c3cccc(-c4ccccc4)c3)c3cc(-c4ccccc4)c4oc5ccccc5c4c3)cc2)cc1. The van der Waals surface area contributed by atoms with Gasteiger partial charge in [0.05, 0.1) is 0 Å². The first-order valence-electron chi connectivity index (χ1n) is 14.9. The Balaban J connectivity index is 1.37. The van der Waals surface area contributed by atoms with Crippen molar-refractivity contribution in [3.05, 3.63) is 176 Å². The Morgan fingerprint density at radius 1 is 0.341 bits per heavy atom. The number of anilines is 3. The second kappa shape index (κ2) is 11.1. The fraction of sp³-hybridized carbons (Fsp3) is 0. The summed E-state index contributed by atoms with van der Waals surface area (Å²) in [5.74, 6) is 0. The highest BCUT2D eigenvalue weighted by Gasteiger charge is 2.20. The third-order valence-electron chi connectivity index (χ3n) is 8.25. The molecule has 0 N–H and O–H groups in total. The highest BCUT2D eigenvalue weighted by atomic mass is 16.3. The van der Waals surface area contributed by atoms with Crippen LogP contribution in [-0.4, -0.2) is 0 Å². The van der Waals surface area contributed by atoms with Crippen molar-refractivity contribution in [2.75, 3.05) is 4.90 Å². The van der Waals surface area contributed by atoms with Crippen molar-refractivity contribution < 1.29 is 4.42 Å². The Morgan fingerprint density at radius 2 is 0.909 bits per heavy atom. The molecular weight excluding hydrogens is 534 g/mol. The second-order valence-corrected chi connectivity index (χ2v) is 11.0. The van der Waals surface area contributed by atoms with Crippen molar-refractivity contribution in [2.45, 2.75) is 0 Å². The molecular formula is C42H29NO. The summed E-state index contributed by atoms with van der Waals surface area (Å²) in [6.07, 6.45) is 0. The van der Waals surface area contributed by atoms with Gasteiger partial charge in [0.1, 0.15) is 11.2 Å². The molecule has 8 aromatic rings. The molecule has 2 heteroatoms. The van der Waals surface area contributed by atoms with Gasteiger partial charge in [-0.1, -0.05) is 133 Å². The third kappa shape index (κ3) is 4.73. The first-order valence-corrected chi connectivity index (χ1v) is 14.9. The zero-order valence-electron chi connectivity index (χ0n) is 24.1. The van der Waals surface area contributed by atoms with Crippen LogP contribution in [0.15, 0.2) is 180 Å². The second-order valence-electron chi connectivity index (χ2n) is 11.0. The topological polar surface area (TPSA) is 16.4 Å². The average molecular weight is 564 g/mol. The zero-order valence-corrected chi connectivity index (χ0v) is 24.1. The van der Waals surface area contributed by atoms with Crippen molar-refractivity contribution in [3.8, 4) is 33.4 Å². The Labute approximate surface area is 257 Å². The molecule has 0 radical (unpaired) electrons. The van der Waals surface area contributed by atoms with Crippen molar-refractivity contribution in [3.63, 3.8) is 0 Å². The molecule has 208 valence electrons. The van der Waals surface area contributed by atoms with Gasteiger partial charge in [0.25, 0.3) is 0 Å². The smallest absolute Gasteiger partial charge is 0.143 e. The van der Waals surface area contributed by atoms with Crippen LogP contribution in [-0.2, 0) is 0 Å². The first-order chi connectivity index (χ1) is 21.8. The van der Waals surface area contributed by atoms with Crippen LogP contribution in [0.5, 0.6) is 0 Å². The van der Waals surface area contributed by atoms with E-state index in [1.807, 2.05) is 12.1 Å². The van der Waals surface area contributed by atoms with Crippen molar-refractivity contribution >= 4 is 39.0 Å². The minimum absolute atomic E-state index is 0.890. The molecule has 1 aromatic heterocycles. The van der Waals surface area contributed by atoms with E-state index in [1.54, 1.807) is 0 Å². The first kappa shape index (κ1) is 25.8. The Bertz CT molecular complexity index is 2200. The van der Waals surface area contributed by atoms with Gasteiger partial charge >= 0.3 is 0 Å². The van der Waals surface area contributed by atoms with Gasteiger partial charge in [-0.3, -0.25) is 0 Å². The largest absolute Gasteiger partial charge is 0.455 e. The lowest BCUT2D eigenvalue weighted by atomic mass is 9.99. The van der Waals surface area contributed by atoms with Gasteiger partial charge in [-0.2, -0.15) is 0 Å². The number of benzene rings is 7. The molecule has 0 aliphatic rings. The highest BCUT2D eigenvalue weighted by Crippen LogP contribution is 2.44. The van der Waals surface area contributed by atoms with Gasteiger partial charge in [0, 0.05) is 33.4 Å². The predicted octanol–water partition coefficient (Wildman–Crippen LogP) is 12.1. The molecule has 0 aliphatic carbocycles. The summed E-state index contributed by atoms with van der Waals surface area (Å²) in [6, 6.07) is 62.1. The van der Waals surface area contributed by atoms with Crippen LogP contribution in [0.25, 0.3) is 55.3 Å². The molecule has 7 aromatic carbocycles. The van der Waals surface area contributed by atoms with E-state index in [0.29, 0.717) is 0 Å². The minimum Gasteiger partial charge on any atom is -0.455 e. The lowest BCUT2D eigenvalue weighted by Gasteiger charge is -2.27. The maximum absolute atomic E-state index is 6.51. The molecule has 0 spiro atoms. The van der Waals surface area contributed by atoms with Crippen LogP contribution < -0.4 is 4.90 Å². The molecule has 8 rings (SSSR count). The number of nitrogens with zero attached hydrogens (tertiary/aromatic N) is 1. The third-order valence-corrected chi connectivity index (χ3v) is 8.25. The van der Waals surface area contributed by atoms with E-state index in [2.05, 4.69) is 169 Å². The fourth-order valence-electron chi connectivity index (χ4n) is 6.11. The molecule has 0 fully saturated rings. The van der Waals surface area contributed by atoms with E-state index in [4.69, 9.17) is 4.42 Å². The van der Waals surface area contributed by atoms with Crippen LogP contribution >= 0.6 is 0 Å². The fourth-order valence-corrected chi connectivity index (χ4v) is 6.11. The van der Waals surface area contributed by atoms with Gasteiger partial charge in [0.2, 0.25) is 0 Å². The van der Waals surface area contributed by atoms with Crippen LogP contribution in [0.1, 0.15) is 0 Å². The van der Waals surface area contributed by atoms with Gasteiger partial charge < -0.3 is 9.32 Å². The molecule has 0 saturated heterocycles. The highest BCUT2D eigenvalue weighted by molar-refractivity contribution is 6.11. The maximum atomic E-state index is 6.51. The molecule has 2 nitrogen and oxygen atoms in total. The Kier molecular flexibility index (Phi) is 6.51. The number of hydrogen-bond acceptors (Lipinski definition) is 2. The zero-order chi connectivity index (χ0) is 29.3. The van der Waals surface area contributed by atoms with E-state index in [0.717, 1.165) is 50.1 Å². The number of rotatable bonds is 6. The number of hydrogen-bond donors (Lipinski definition) is 0. The summed E-state index contributed by atoms with van der Waals surface area (Å²) >= 11 is 0. The molecule has 0 amide bonds. The Hall–Kier alpha value is -5.86. The van der Waals surface area contributed by atoms with E-state index >= 15 is 0 Å². The molecule has 0 aliphatic heterocycles.